The van der Waals surface area contributed by atoms with E-state index in [0.29, 0.717) is 22.7 Å². The number of anilines is 1. The zero-order chi connectivity index (χ0) is 15.5. The molecular formula is C14H25N3O2S. The van der Waals surface area contributed by atoms with Crippen LogP contribution < -0.4 is 5.73 Å². The van der Waals surface area contributed by atoms with Gasteiger partial charge in [0.2, 0.25) is 10.0 Å². The van der Waals surface area contributed by atoms with Crippen molar-refractivity contribution in [3.63, 3.8) is 0 Å². The van der Waals surface area contributed by atoms with Crippen LogP contribution in [0.4, 0.5) is 5.69 Å². The molecule has 0 bridgehead atoms. The first kappa shape index (κ1) is 16.9. The molecule has 0 saturated heterocycles. The molecule has 6 heteroatoms. The second kappa shape index (κ2) is 6.56. The smallest absolute Gasteiger partial charge is 0.243 e. The Balaban J connectivity index is 2.99. The number of aryl methyl sites for hydroxylation is 1. The molecule has 114 valence electrons. The lowest BCUT2D eigenvalue weighted by molar-refractivity contribution is 0.370. The van der Waals surface area contributed by atoms with E-state index in [1.54, 1.807) is 26.1 Å². The van der Waals surface area contributed by atoms with Crippen molar-refractivity contribution in [3.8, 4) is 0 Å². The molecule has 0 aliphatic carbocycles. The molecule has 1 aromatic carbocycles. The molecule has 1 aromatic rings. The topological polar surface area (TPSA) is 66.6 Å². The minimum absolute atomic E-state index is 0.308. The third-order valence-electron chi connectivity index (χ3n) is 3.31. The first-order valence-electron chi connectivity index (χ1n) is 6.64. The first-order chi connectivity index (χ1) is 9.16. The summed E-state index contributed by atoms with van der Waals surface area (Å²) < 4.78 is 26.6. The Kier molecular flexibility index (Phi) is 5.56. The highest BCUT2D eigenvalue weighted by Gasteiger charge is 2.23. The summed E-state index contributed by atoms with van der Waals surface area (Å²) in [7, 11) is 2.08. The van der Waals surface area contributed by atoms with Crippen molar-refractivity contribution in [2.75, 3.05) is 40.0 Å². The van der Waals surface area contributed by atoms with Gasteiger partial charge in [-0.2, -0.15) is 0 Å². The lowest BCUT2D eigenvalue weighted by Crippen LogP contribution is -2.30. The van der Waals surface area contributed by atoms with Gasteiger partial charge in [-0.15, -0.1) is 0 Å². The van der Waals surface area contributed by atoms with E-state index in [0.717, 1.165) is 18.5 Å². The molecule has 0 atom stereocenters. The second-order valence-electron chi connectivity index (χ2n) is 5.46. The average Bonchev–Trinajstić information content (AvgIpc) is 2.32. The molecule has 0 aliphatic rings. The summed E-state index contributed by atoms with van der Waals surface area (Å²) in [5.41, 5.74) is 7.86. The maximum absolute atomic E-state index is 12.6. The zero-order valence-electron chi connectivity index (χ0n) is 13.0. The Hall–Kier alpha value is -1.11. The van der Waals surface area contributed by atoms with Gasteiger partial charge in [0.1, 0.15) is 0 Å². The predicted molar refractivity (Wildman–Crippen MR) is 83.3 cm³/mol. The number of nitrogens with zero attached hydrogens (tertiary/aromatic N) is 2. The fourth-order valence-electron chi connectivity index (χ4n) is 2.02. The van der Waals surface area contributed by atoms with E-state index in [9.17, 15) is 8.42 Å². The van der Waals surface area contributed by atoms with Gasteiger partial charge in [-0.05, 0) is 64.2 Å². The van der Waals surface area contributed by atoms with Crippen LogP contribution in [0.3, 0.4) is 0 Å². The van der Waals surface area contributed by atoms with Gasteiger partial charge in [0.05, 0.1) is 4.90 Å². The van der Waals surface area contributed by atoms with E-state index in [2.05, 4.69) is 0 Å². The predicted octanol–water partition coefficient (Wildman–Crippen LogP) is 1.46. The fourth-order valence-corrected chi connectivity index (χ4v) is 3.56. The molecule has 0 fully saturated rings. The number of benzene rings is 1. The highest BCUT2D eigenvalue weighted by Crippen LogP contribution is 2.25. The molecule has 0 amide bonds. The second-order valence-corrected chi connectivity index (χ2v) is 7.47. The molecule has 5 nitrogen and oxygen atoms in total. The Morgan fingerprint density at radius 1 is 1.10 bits per heavy atom. The third-order valence-corrected chi connectivity index (χ3v) is 5.29. The molecular weight excluding hydrogens is 274 g/mol. The molecule has 0 aromatic heterocycles. The van der Waals surface area contributed by atoms with E-state index in [-0.39, 0.29) is 0 Å². The summed E-state index contributed by atoms with van der Waals surface area (Å²) in [5, 5.41) is 0. The summed E-state index contributed by atoms with van der Waals surface area (Å²) in [5.74, 6) is 0. The van der Waals surface area contributed by atoms with Gasteiger partial charge in [-0.3, -0.25) is 0 Å². The number of hydrogen-bond donors (Lipinski definition) is 1. The van der Waals surface area contributed by atoms with Crippen LogP contribution in [0, 0.1) is 13.8 Å². The molecule has 0 heterocycles. The van der Waals surface area contributed by atoms with Crippen LogP contribution in [0.25, 0.3) is 0 Å². The van der Waals surface area contributed by atoms with Crippen molar-refractivity contribution in [1.82, 2.24) is 9.21 Å². The SMILES string of the molecule is Cc1cc(N)c(C)c(S(=O)(=O)N(C)CCCN(C)C)c1. The zero-order valence-corrected chi connectivity index (χ0v) is 13.8. The Bertz CT molecular complexity index is 568. The van der Waals surface area contributed by atoms with Gasteiger partial charge in [-0.1, -0.05) is 0 Å². The number of hydrogen-bond acceptors (Lipinski definition) is 4. The van der Waals surface area contributed by atoms with Crippen LogP contribution in [0.15, 0.2) is 17.0 Å². The summed E-state index contributed by atoms with van der Waals surface area (Å²) in [6.07, 6.45) is 0.795. The summed E-state index contributed by atoms with van der Waals surface area (Å²) >= 11 is 0. The molecule has 1 rings (SSSR count). The Morgan fingerprint density at radius 3 is 2.25 bits per heavy atom. The quantitative estimate of drug-likeness (QED) is 0.808. The molecule has 0 spiro atoms. The van der Waals surface area contributed by atoms with Gasteiger partial charge in [0.15, 0.2) is 0 Å². The van der Waals surface area contributed by atoms with E-state index in [1.807, 2.05) is 25.9 Å². The number of sulfonamides is 1. The van der Waals surface area contributed by atoms with Crippen LogP contribution in [0.5, 0.6) is 0 Å². The van der Waals surface area contributed by atoms with Crippen molar-refractivity contribution in [2.45, 2.75) is 25.2 Å². The molecule has 0 saturated carbocycles. The van der Waals surface area contributed by atoms with Crippen LogP contribution >= 0.6 is 0 Å². The van der Waals surface area contributed by atoms with Gasteiger partial charge in [0, 0.05) is 19.3 Å². The summed E-state index contributed by atoms with van der Waals surface area (Å²) in [4.78, 5) is 2.35. The fraction of sp³-hybridized carbons (Fsp3) is 0.571. The highest BCUT2D eigenvalue weighted by molar-refractivity contribution is 7.89. The van der Waals surface area contributed by atoms with Crippen LogP contribution in [0.2, 0.25) is 0 Å². The van der Waals surface area contributed by atoms with Crippen molar-refractivity contribution in [3.05, 3.63) is 23.3 Å². The molecule has 20 heavy (non-hydrogen) atoms. The monoisotopic (exact) mass is 299 g/mol. The Morgan fingerprint density at radius 2 is 1.70 bits per heavy atom. The van der Waals surface area contributed by atoms with E-state index >= 15 is 0 Å². The standard InChI is InChI=1S/C14H25N3O2S/c1-11-9-13(15)12(2)14(10-11)20(18,19)17(5)8-6-7-16(3)4/h9-10H,6-8,15H2,1-5H3. The third kappa shape index (κ3) is 3.94. The van der Waals surface area contributed by atoms with Gasteiger partial charge < -0.3 is 10.6 Å². The largest absolute Gasteiger partial charge is 0.398 e. The van der Waals surface area contributed by atoms with Crippen LogP contribution in [0.1, 0.15) is 17.5 Å². The van der Waals surface area contributed by atoms with Gasteiger partial charge >= 0.3 is 0 Å². The average molecular weight is 299 g/mol. The highest BCUT2D eigenvalue weighted by atomic mass is 32.2. The maximum Gasteiger partial charge on any atom is 0.243 e. The maximum atomic E-state index is 12.6. The minimum Gasteiger partial charge on any atom is -0.398 e. The molecule has 0 radical (unpaired) electrons. The van der Waals surface area contributed by atoms with Gasteiger partial charge in [-0.25, -0.2) is 12.7 Å². The lowest BCUT2D eigenvalue weighted by atomic mass is 10.1. The molecule has 0 aliphatic heterocycles. The number of nitrogen functional groups attached to an aromatic ring is 1. The first-order valence-corrected chi connectivity index (χ1v) is 8.08. The number of nitrogens with two attached hydrogens (primary N) is 1. The van der Waals surface area contributed by atoms with E-state index in [1.165, 1.54) is 4.31 Å². The molecule has 0 unspecified atom stereocenters. The van der Waals surface area contributed by atoms with E-state index in [4.69, 9.17) is 5.73 Å². The minimum atomic E-state index is -3.48. The van der Waals surface area contributed by atoms with E-state index < -0.39 is 10.0 Å². The van der Waals surface area contributed by atoms with Crippen LogP contribution in [-0.2, 0) is 10.0 Å². The van der Waals surface area contributed by atoms with Crippen molar-refractivity contribution >= 4 is 15.7 Å². The van der Waals surface area contributed by atoms with Gasteiger partial charge in [0.25, 0.3) is 0 Å². The number of rotatable bonds is 6. The summed E-state index contributed by atoms with van der Waals surface area (Å²) in [6, 6.07) is 3.48. The summed E-state index contributed by atoms with van der Waals surface area (Å²) in [6.45, 7) is 4.94. The normalized spacial score (nSPS) is 12.3. The van der Waals surface area contributed by atoms with Crippen molar-refractivity contribution < 1.29 is 8.42 Å². The Labute approximate surface area is 122 Å². The van der Waals surface area contributed by atoms with Crippen molar-refractivity contribution in [2.24, 2.45) is 0 Å². The van der Waals surface area contributed by atoms with Crippen LogP contribution in [-0.4, -0.2) is 51.9 Å². The van der Waals surface area contributed by atoms with Crippen molar-refractivity contribution in [1.29, 1.82) is 0 Å². The lowest BCUT2D eigenvalue weighted by Gasteiger charge is -2.20. The molecule has 2 N–H and O–H groups in total.